The Morgan fingerprint density at radius 3 is 2.48 bits per heavy atom. The summed E-state index contributed by atoms with van der Waals surface area (Å²) >= 11 is 0. The van der Waals surface area contributed by atoms with Gasteiger partial charge in [0.1, 0.15) is 6.54 Å². The van der Waals surface area contributed by atoms with Crippen molar-refractivity contribution >= 4 is 17.7 Å². The van der Waals surface area contributed by atoms with E-state index in [2.05, 4.69) is 5.32 Å². The highest BCUT2D eigenvalue weighted by Gasteiger charge is 2.22. The van der Waals surface area contributed by atoms with E-state index in [1.165, 1.54) is 12.3 Å². The van der Waals surface area contributed by atoms with Gasteiger partial charge in [0.25, 0.3) is 5.91 Å². The standard InChI is InChI=1S/C17H17NO5/c1-2-13(16(20)12-7-4-3-5-8-12)23-15(19)11-18-17(21)14-9-6-10-22-14/h3-10,13H,2,11H2,1H3,(H,18,21). The first-order valence-corrected chi connectivity index (χ1v) is 7.22. The van der Waals surface area contributed by atoms with Crippen LogP contribution in [-0.2, 0) is 9.53 Å². The fourth-order valence-corrected chi connectivity index (χ4v) is 1.96. The molecule has 0 aliphatic rings. The summed E-state index contributed by atoms with van der Waals surface area (Å²) in [6, 6.07) is 11.7. The van der Waals surface area contributed by atoms with E-state index in [0.717, 1.165) is 0 Å². The van der Waals surface area contributed by atoms with Crippen LogP contribution in [0, 0.1) is 0 Å². The third-order valence-corrected chi connectivity index (χ3v) is 3.13. The maximum Gasteiger partial charge on any atom is 0.326 e. The van der Waals surface area contributed by atoms with Gasteiger partial charge < -0.3 is 14.5 Å². The number of nitrogens with one attached hydrogen (secondary N) is 1. The number of carbonyl (C=O) groups excluding carboxylic acids is 3. The van der Waals surface area contributed by atoms with Gasteiger partial charge in [-0.1, -0.05) is 37.3 Å². The molecule has 120 valence electrons. The van der Waals surface area contributed by atoms with Gasteiger partial charge in [-0.25, -0.2) is 0 Å². The second-order valence-electron chi connectivity index (χ2n) is 4.78. The molecule has 0 aliphatic heterocycles. The summed E-state index contributed by atoms with van der Waals surface area (Å²) in [6.07, 6.45) is 0.843. The van der Waals surface area contributed by atoms with Gasteiger partial charge in [-0.2, -0.15) is 0 Å². The van der Waals surface area contributed by atoms with E-state index in [-0.39, 0.29) is 18.1 Å². The van der Waals surface area contributed by atoms with E-state index in [1.54, 1.807) is 43.3 Å². The fourth-order valence-electron chi connectivity index (χ4n) is 1.96. The van der Waals surface area contributed by atoms with Gasteiger partial charge in [-0.05, 0) is 18.6 Å². The molecule has 1 amide bonds. The summed E-state index contributed by atoms with van der Waals surface area (Å²) in [5.74, 6) is -1.36. The second kappa shape index (κ2) is 7.93. The Morgan fingerprint density at radius 2 is 1.87 bits per heavy atom. The first kappa shape index (κ1) is 16.5. The minimum absolute atomic E-state index is 0.102. The predicted molar refractivity (Wildman–Crippen MR) is 82.0 cm³/mol. The number of ether oxygens (including phenoxy) is 1. The lowest BCUT2D eigenvalue weighted by atomic mass is 10.0. The quantitative estimate of drug-likeness (QED) is 0.625. The molecule has 1 heterocycles. The van der Waals surface area contributed by atoms with Crippen LogP contribution in [0.1, 0.15) is 34.3 Å². The molecule has 6 heteroatoms. The van der Waals surface area contributed by atoms with Crippen LogP contribution in [0.4, 0.5) is 0 Å². The number of esters is 1. The molecule has 0 saturated carbocycles. The molecular formula is C17H17NO5. The van der Waals surface area contributed by atoms with Crippen LogP contribution in [-0.4, -0.2) is 30.3 Å². The van der Waals surface area contributed by atoms with Crippen molar-refractivity contribution in [1.82, 2.24) is 5.32 Å². The normalized spacial score (nSPS) is 11.5. The van der Waals surface area contributed by atoms with Crippen LogP contribution in [0.25, 0.3) is 0 Å². The van der Waals surface area contributed by atoms with Crippen molar-refractivity contribution in [2.75, 3.05) is 6.54 Å². The number of furan rings is 1. The Hall–Kier alpha value is -2.89. The Balaban J connectivity index is 1.87. The number of ketones is 1. The zero-order valence-electron chi connectivity index (χ0n) is 12.7. The molecule has 2 aromatic rings. The average Bonchev–Trinajstić information content (AvgIpc) is 3.12. The highest BCUT2D eigenvalue weighted by Crippen LogP contribution is 2.09. The van der Waals surface area contributed by atoms with E-state index in [0.29, 0.717) is 12.0 Å². The molecule has 1 atom stereocenters. The average molecular weight is 315 g/mol. The lowest BCUT2D eigenvalue weighted by Crippen LogP contribution is -2.34. The highest BCUT2D eigenvalue weighted by atomic mass is 16.5. The van der Waals surface area contributed by atoms with Crippen LogP contribution < -0.4 is 5.32 Å². The number of amides is 1. The van der Waals surface area contributed by atoms with Gasteiger partial charge in [0.05, 0.1) is 6.26 Å². The lowest BCUT2D eigenvalue weighted by molar-refractivity contribution is -0.145. The van der Waals surface area contributed by atoms with Crippen LogP contribution in [0.5, 0.6) is 0 Å². The minimum atomic E-state index is -0.870. The Labute approximate surface area is 133 Å². The number of hydrogen-bond acceptors (Lipinski definition) is 5. The molecule has 0 bridgehead atoms. The maximum atomic E-state index is 12.3. The van der Waals surface area contributed by atoms with Gasteiger partial charge in [0.15, 0.2) is 11.9 Å². The molecule has 1 unspecified atom stereocenters. The van der Waals surface area contributed by atoms with Crippen LogP contribution in [0.15, 0.2) is 53.1 Å². The second-order valence-corrected chi connectivity index (χ2v) is 4.78. The monoisotopic (exact) mass is 315 g/mol. The van der Waals surface area contributed by atoms with Crippen molar-refractivity contribution in [3.63, 3.8) is 0 Å². The number of benzene rings is 1. The van der Waals surface area contributed by atoms with Crippen molar-refractivity contribution < 1.29 is 23.5 Å². The highest BCUT2D eigenvalue weighted by molar-refractivity contribution is 6.00. The molecule has 2 rings (SSSR count). The maximum absolute atomic E-state index is 12.3. The van der Waals surface area contributed by atoms with Crippen LogP contribution in [0.3, 0.4) is 0 Å². The number of hydrogen-bond donors (Lipinski definition) is 1. The van der Waals surface area contributed by atoms with Gasteiger partial charge in [0, 0.05) is 5.56 Å². The lowest BCUT2D eigenvalue weighted by Gasteiger charge is -2.15. The van der Waals surface area contributed by atoms with Crippen LogP contribution >= 0.6 is 0 Å². The number of Topliss-reactive ketones (excluding diaryl/α,β-unsaturated/α-hetero) is 1. The Morgan fingerprint density at radius 1 is 1.13 bits per heavy atom. The molecule has 0 fully saturated rings. The molecule has 0 spiro atoms. The topological polar surface area (TPSA) is 85.6 Å². The third kappa shape index (κ3) is 4.54. The first-order chi connectivity index (χ1) is 11.1. The zero-order chi connectivity index (χ0) is 16.7. The molecule has 0 radical (unpaired) electrons. The molecule has 23 heavy (non-hydrogen) atoms. The zero-order valence-corrected chi connectivity index (χ0v) is 12.7. The first-order valence-electron chi connectivity index (χ1n) is 7.22. The summed E-state index contributed by atoms with van der Waals surface area (Å²) in [7, 11) is 0. The number of rotatable bonds is 7. The Bertz CT molecular complexity index is 664. The van der Waals surface area contributed by atoms with Crippen molar-refractivity contribution in [2.24, 2.45) is 0 Å². The summed E-state index contributed by atoms with van der Waals surface area (Å²) in [5, 5.41) is 2.37. The smallest absolute Gasteiger partial charge is 0.326 e. The third-order valence-electron chi connectivity index (χ3n) is 3.13. The van der Waals surface area contributed by atoms with E-state index in [1.807, 2.05) is 0 Å². The molecule has 1 N–H and O–H groups in total. The van der Waals surface area contributed by atoms with E-state index >= 15 is 0 Å². The summed E-state index contributed by atoms with van der Waals surface area (Å²) < 4.78 is 10.1. The van der Waals surface area contributed by atoms with Crippen LogP contribution in [0.2, 0.25) is 0 Å². The van der Waals surface area contributed by atoms with E-state index < -0.39 is 18.0 Å². The molecule has 1 aromatic carbocycles. The Kier molecular flexibility index (Phi) is 5.68. The molecular weight excluding hydrogens is 298 g/mol. The van der Waals surface area contributed by atoms with Crippen molar-refractivity contribution in [3.05, 3.63) is 60.1 Å². The van der Waals surface area contributed by atoms with Crippen molar-refractivity contribution in [2.45, 2.75) is 19.4 Å². The van der Waals surface area contributed by atoms with E-state index in [9.17, 15) is 14.4 Å². The molecule has 1 aromatic heterocycles. The summed E-state index contributed by atoms with van der Waals surface area (Å²) in [5.41, 5.74) is 0.478. The SMILES string of the molecule is CCC(OC(=O)CNC(=O)c1ccco1)C(=O)c1ccccc1. The largest absolute Gasteiger partial charge is 0.459 e. The fraction of sp³-hybridized carbons (Fsp3) is 0.235. The van der Waals surface area contributed by atoms with Crippen molar-refractivity contribution in [1.29, 1.82) is 0 Å². The molecule has 0 saturated heterocycles. The predicted octanol–water partition coefficient (Wildman–Crippen LogP) is 2.21. The van der Waals surface area contributed by atoms with Gasteiger partial charge in [0.2, 0.25) is 5.78 Å². The summed E-state index contributed by atoms with van der Waals surface area (Å²) in [6.45, 7) is 1.41. The number of carbonyl (C=O) groups is 3. The van der Waals surface area contributed by atoms with Gasteiger partial charge in [-0.3, -0.25) is 14.4 Å². The molecule has 0 aliphatic carbocycles. The minimum Gasteiger partial charge on any atom is -0.459 e. The van der Waals surface area contributed by atoms with E-state index in [4.69, 9.17) is 9.15 Å². The molecule has 6 nitrogen and oxygen atoms in total. The van der Waals surface area contributed by atoms with Crippen molar-refractivity contribution in [3.8, 4) is 0 Å². The van der Waals surface area contributed by atoms with Gasteiger partial charge >= 0.3 is 5.97 Å². The van der Waals surface area contributed by atoms with Gasteiger partial charge in [-0.15, -0.1) is 0 Å². The summed E-state index contributed by atoms with van der Waals surface area (Å²) in [4.78, 5) is 35.7.